The van der Waals surface area contributed by atoms with Crippen LogP contribution in [0, 0.1) is 5.92 Å². The zero-order chi connectivity index (χ0) is 6.69. The third-order valence-corrected chi connectivity index (χ3v) is 2.94. The molecule has 0 spiro atoms. The number of thioether (sulfide) groups is 1. The van der Waals surface area contributed by atoms with Gasteiger partial charge in [0.2, 0.25) is 0 Å². The maximum Gasteiger partial charge on any atom is -0.00207 e. The molecule has 1 saturated heterocycles. The van der Waals surface area contributed by atoms with E-state index in [1.807, 2.05) is 11.8 Å². The summed E-state index contributed by atoms with van der Waals surface area (Å²) in [6.45, 7) is 6.25. The molecular formula is C8H14S. The molecule has 0 aromatic heterocycles. The Morgan fingerprint density at radius 3 is 3.00 bits per heavy atom. The SMILES string of the molecule is C=C1CC(CC)CCS1. The lowest BCUT2D eigenvalue weighted by atomic mass is 9.99. The maximum atomic E-state index is 3.98. The van der Waals surface area contributed by atoms with Gasteiger partial charge in [0.15, 0.2) is 0 Å². The van der Waals surface area contributed by atoms with Gasteiger partial charge in [0.25, 0.3) is 0 Å². The molecule has 1 atom stereocenters. The molecule has 1 fully saturated rings. The molecule has 52 valence electrons. The molecule has 0 bridgehead atoms. The van der Waals surface area contributed by atoms with Gasteiger partial charge in [-0.25, -0.2) is 0 Å². The Bertz CT molecular complexity index is 107. The highest BCUT2D eigenvalue weighted by atomic mass is 32.2. The van der Waals surface area contributed by atoms with Gasteiger partial charge in [-0.15, -0.1) is 11.8 Å². The molecule has 0 saturated carbocycles. The van der Waals surface area contributed by atoms with Crippen molar-refractivity contribution in [1.29, 1.82) is 0 Å². The summed E-state index contributed by atoms with van der Waals surface area (Å²) in [6.07, 6.45) is 4.00. The van der Waals surface area contributed by atoms with Crippen LogP contribution in [0.15, 0.2) is 11.5 Å². The van der Waals surface area contributed by atoms with Gasteiger partial charge in [0, 0.05) is 0 Å². The Balaban J connectivity index is 2.32. The fourth-order valence-electron chi connectivity index (χ4n) is 1.20. The van der Waals surface area contributed by atoms with E-state index in [4.69, 9.17) is 0 Å². The molecule has 1 rings (SSSR count). The van der Waals surface area contributed by atoms with Crippen LogP contribution in [0.25, 0.3) is 0 Å². The summed E-state index contributed by atoms with van der Waals surface area (Å²) in [6, 6.07) is 0. The molecule has 1 unspecified atom stereocenters. The summed E-state index contributed by atoms with van der Waals surface area (Å²) in [5.41, 5.74) is 0. The standard InChI is InChI=1S/C8H14S/c1-3-8-4-5-9-7(2)6-8/h8H,2-6H2,1H3. The quantitative estimate of drug-likeness (QED) is 0.542. The molecule has 1 heterocycles. The minimum atomic E-state index is 0.943. The predicted molar refractivity (Wildman–Crippen MR) is 44.6 cm³/mol. The highest BCUT2D eigenvalue weighted by Gasteiger charge is 2.13. The highest BCUT2D eigenvalue weighted by Crippen LogP contribution is 2.32. The van der Waals surface area contributed by atoms with E-state index < -0.39 is 0 Å². The number of hydrogen-bond donors (Lipinski definition) is 0. The lowest BCUT2D eigenvalue weighted by molar-refractivity contribution is 0.493. The van der Waals surface area contributed by atoms with Crippen LogP contribution in [-0.2, 0) is 0 Å². The molecular weight excluding hydrogens is 128 g/mol. The van der Waals surface area contributed by atoms with E-state index in [0.717, 1.165) is 5.92 Å². The first-order valence-electron chi connectivity index (χ1n) is 3.63. The van der Waals surface area contributed by atoms with E-state index in [-0.39, 0.29) is 0 Å². The van der Waals surface area contributed by atoms with Crippen LogP contribution >= 0.6 is 11.8 Å². The first kappa shape index (κ1) is 7.20. The van der Waals surface area contributed by atoms with E-state index in [0.29, 0.717) is 0 Å². The summed E-state index contributed by atoms with van der Waals surface area (Å²) in [4.78, 5) is 1.40. The summed E-state index contributed by atoms with van der Waals surface area (Å²) in [5.74, 6) is 2.25. The molecule has 0 amide bonds. The Labute approximate surface area is 61.7 Å². The minimum Gasteiger partial charge on any atom is -0.131 e. The van der Waals surface area contributed by atoms with Crippen LogP contribution in [0.5, 0.6) is 0 Å². The smallest absolute Gasteiger partial charge is 0.00207 e. The topological polar surface area (TPSA) is 0 Å². The third kappa shape index (κ3) is 2.05. The van der Waals surface area contributed by atoms with Gasteiger partial charge in [-0.1, -0.05) is 19.9 Å². The first-order chi connectivity index (χ1) is 4.33. The van der Waals surface area contributed by atoms with E-state index in [1.165, 1.54) is 29.9 Å². The molecule has 0 N–H and O–H groups in total. The molecule has 1 aliphatic rings. The average molecular weight is 142 g/mol. The molecule has 0 nitrogen and oxygen atoms in total. The molecule has 9 heavy (non-hydrogen) atoms. The molecule has 0 aliphatic carbocycles. The van der Waals surface area contributed by atoms with E-state index in [1.54, 1.807) is 0 Å². The summed E-state index contributed by atoms with van der Waals surface area (Å²) < 4.78 is 0. The van der Waals surface area contributed by atoms with Crippen LogP contribution in [0.2, 0.25) is 0 Å². The van der Waals surface area contributed by atoms with Gasteiger partial charge in [0.1, 0.15) is 0 Å². The van der Waals surface area contributed by atoms with Crippen molar-refractivity contribution in [2.24, 2.45) is 5.92 Å². The second-order valence-corrected chi connectivity index (χ2v) is 3.93. The monoisotopic (exact) mass is 142 g/mol. The second-order valence-electron chi connectivity index (χ2n) is 2.65. The fraction of sp³-hybridized carbons (Fsp3) is 0.750. The highest BCUT2D eigenvalue weighted by molar-refractivity contribution is 8.03. The molecule has 0 radical (unpaired) electrons. The van der Waals surface area contributed by atoms with Crippen molar-refractivity contribution in [1.82, 2.24) is 0 Å². The lowest BCUT2D eigenvalue weighted by Crippen LogP contribution is -2.05. The van der Waals surface area contributed by atoms with Crippen LogP contribution in [0.1, 0.15) is 26.2 Å². The summed E-state index contributed by atoms with van der Waals surface area (Å²) in [5, 5.41) is 0. The molecule has 1 heteroatoms. The van der Waals surface area contributed by atoms with E-state index in [2.05, 4.69) is 13.5 Å². The third-order valence-electron chi connectivity index (χ3n) is 1.93. The van der Waals surface area contributed by atoms with Gasteiger partial charge in [-0.05, 0) is 29.4 Å². The van der Waals surface area contributed by atoms with E-state index >= 15 is 0 Å². The van der Waals surface area contributed by atoms with Crippen LogP contribution < -0.4 is 0 Å². The maximum absolute atomic E-state index is 3.98. The van der Waals surface area contributed by atoms with Crippen molar-refractivity contribution < 1.29 is 0 Å². The molecule has 0 aromatic carbocycles. The largest absolute Gasteiger partial charge is 0.131 e. The van der Waals surface area contributed by atoms with E-state index in [9.17, 15) is 0 Å². The van der Waals surface area contributed by atoms with Crippen LogP contribution in [-0.4, -0.2) is 5.75 Å². The van der Waals surface area contributed by atoms with Crippen LogP contribution in [0.4, 0.5) is 0 Å². The van der Waals surface area contributed by atoms with Gasteiger partial charge in [-0.2, -0.15) is 0 Å². The van der Waals surface area contributed by atoms with Crippen molar-refractivity contribution in [3.05, 3.63) is 11.5 Å². The van der Waals surface area contributed by atoms with Gasteiger partial charge >= 0.3 is 0 Å². The fourth-order valence-corrected chi connectivity index (χ4v) is 2.29. The Hall–Kier alpha value is 0.0900. The van der Waals surface area contributed by atoms with Gasteiger partial charge in [0.05, 0.1) is 0 Å². The zero-order valence-electron chi connectivity index (χ0n) is 6.02. The van der Waals surface area contributed by atoms with Crippen molar-refractivity contribution >= 4 is 11.8 Å². The Kier molecular flexibility index (Phi) is 2.65. The zero-order valence-corrected chi connectivity index (χ0v) is 6.84. The normalized spacial score (nSPS) is 28.6. The lowest BCUT2D eigenvalue weighted by Gasteiger charge is -2.20. The predicted octanol–water partition coefficient (Wildman–Crippen LogP) is 3.05. The van der Waals surface area contributed by atoms with Crippen LogP contribution in [0.3, 0.4) is 0 Å². The summed E-state index contributed by atoms with van der Waals surface area (Å²) >= 11 is 1.94. The Morgan fingerprint density at radius 1 is 1.78 bits per heavy atom. The number of rotatable bonds is 1. The number of hydrogen-bond acceptors (Lipinski definition) is 1. The average Bonchev–Trinajstić information content (AvgIpc) is 1.88. The summed E-state index contributed by atoms with van der Waals surface area (Å²) in [7, 11) is 0. The molecule has 1 aliphatic heterocycles. The Morgan fingerprint density at radius 2 is 2.56 bits per heavy atom. The first-order valence-corrected chi connectivity index (χ1v) is 4.62. The number of allylic oxidation sites excluding steroid dienone is 1. The minimum absolute atomic E-state index is 0.943. The second kappa shape index (κ2) is 3.31. The van der Waals surface area contributed by atoms with Gasteiger partial charge < -0.3 is 0 Å². The van der Waals surface area contributed by atoms with Crippen molar-refractivity contribution in [2.75, 3.05) is 5.75 Å². The van der Waals surface area contributed by atoms with Crippen molar-refractivity contribution in [2.45, 2.75) is 26.2 Å². The molecule has 0 aromatic rings. The van der Waals surface area contributed by atoms with Crippen molar-refractivity contribution in [3.63, 3.8) is 0 Å². The van der Waals surface area contributed by atoms with Gasteiger partial charge in [-0.3, -0.25) is 0 Å². The van der Waals surface area contributed by atoms with Crippen molar-refractivity contribution in [3.8, 4) is 0 Å².